The molecule has 1 aromatic carbocycles. The maximum atomic E-state index is 10.7. The average molecular weight is 227 g/mol. The van der Waals surface area contributed by atoms with Crippen molar-refractivity contribution in [1.82, 2.24) is 4.98 Å². The summed E-state index contributed by atoms with van der Waals surface area (Å²) in [6.45, 7) is -0.191. The van der Waals surface area contributed by atoms with Gasteiger partial charge in [0.1, 0.15) is 5.52 Å². The highest BCUT2D eigenvalue weighted by atomic mass is 35.5. The van der Waals surface area contributed by atoms with Crippen LogP contribution >= 0.6 is 11.6 Å². The van der Waals surface area contributed by atoms with Gasteiger partial charge in [0.2, 0.25) is 0 Å². The minimum Gasteiger partial charge on any atom is -0.390 e. The topological polar surface area (TPSA) is 79.2 Å². The largest absolute Gasteiger partial charge is 0.390 e. The van der Waals surface area contributed by atoms with Gasteiger partial charge in [-0.15, -0.1) is 0 Å². The molecule has 0 aliphatic rings. The molecular formula is C9H7ClN2O3. The van der Waals surface area contributed by atoms with Crippen molar-refractivity contribution in [2.24, 2.45) is 0 Å². The number of aliphatic hydroxyl groups is 1. The molecule has 1 aromatic heterocycles. The standard InChI is InChI=1S/C9H7ClN2O3/c10-6-1-5-2-7(4-13)11-9(5)8(3-6)12(14)15/h1-3,11,13H,4H2. The van der Waals surface area contributed by atoms with E-state index < -0.39 is 4.92 Å². The third-order valence-corrected chi connectivity index (χ3v) is 2.31. The van der Waals surface area contributed by atoms with Crippen LogP contribution < -0.4 is 0 Å². The van der Waals surface area contributed by atoms with E-state index in [1.807, 2.05) is 0 Å². The van der Waals surface area contributed by atoms with E-state index in [4.69, 9.17) is 16.7 Å². The zero-order valence-electron chi connectivity index (χ0n) is 7.53. The zero-order valence-corrected chi connectivity index (χ0v) is 8.28. The van der Waals surface area contributed by atoms with Crippen LogP contribution in [0, 0.1) is 10.1 Å². The first-order valence-electron chi connectivity index (χ1n) is 4.18. The van der Waals surface area contributed by atoms with Crippen LogP contribution in [0.15, 0.2) is 18.2 Å². The van der Waals surface area contributed by atoms with Gasteiger partial charge in [-0.1, -0.05) is 11.6 Å². The second kappa shape index (κ2) is 3.52. The predicted molar refractivity (Wildman–Crippen MR) is 55.9 cm³/mol. The maximum Gasteiger partial charge on any atom is 0.294 e. The van der Waals surface area contributed by atoms with Crippen molar-refractivity contribution in [2.45, 2.75) is 6.61 Å². The summed E-state index contributed by atoms with van der Waals surface area (Å²) in [7, 11) is 0. The molecule has 15 heavy (non-hydrogen) atoms. The van der Waals surface area contributed by atoms with Crippen LogP contribution in [0.4, 0.5) is 5.69 Å². The number of nitro groups is 1. The number of hydrogen-bond acceptors (Lipinski definition) is 3. The number of benzene rings is 1. The molecule has 2 N–H and O–H groups in total. The second-order valence-corrected chi connectivity index (χ2v) is 3.54. The molecule has 0 atom stereocenters. The van der Waals surface area contributed by atoms with Gasteiger partial charge in [-0.3, -0.25) is 10.1 Å². The van der Waals surface area contributed by atoms with Crippen LogP contribution in [-0.4, -0.2) is 15.0 Å². The molecule has 0 unspecified atom stereocenters. The molecule has 5 nitrogen and oxygen atoms in total. The van der Waals surface area contributed by atoms with Crippen molar-refractivity contribution in [1.29, 1.82) is 0 Å². The number of rotatable bonds is 2. The lowest BCUT2D eigenvalue weighted by atomic mass is 10.2. The van der Waals surface area contributed by atoms with Crippen LogP contribution in [0.25, 0.3) is 10.9 Å². The summed E-state index contributed by atoms with van der Waals surface area (Å²) in [5.41, 5.74) is 0.820. The van der Waals surface area contributed by atoms with Crippen LogP contribution in [0.3, 0.4) is 0 Å². The Morgan fingerprint density at radius 3 is 2.80 bits per heavy atom. The Morgan fingerprint density at radius 1 is 1.47 bits per heavy atom. The molecule has 0 amide bonds. The summed E-state index contributed by atoms with van der Waals surface area (Å²) >= 11 is 5.74. The average Bonchev–Trinajstić information content (AvgIpc) is 2.58. The molecule has 0 fully saturated rings. The lowest BCUT2D eigenvalue weighted by Gasteiger charge is -1.95. The van der Waals surface area contributed by atoms with E-state index in [1.165, 1.54) is 6.07 Å². The Balaban J connectivity index is 2.77. The Hall–Kier alpha value is -1.59. The van der Waals surface area contributed by atoms with Crippen molar-refractivity contribution >= 4 is 28.2 Å². The number of halogens is 1. The number of hydrogen-bond donors (Lipinski definition) is 2. The fraction of sp³-hybridized carbons (Fsp3) is 0.111. The van der Waals surface area contributed by atoms with Gasteiger partial charge in [-0.25, -0.2) is 0 Å². The molecule has 0 aliphatic carbocycles. The zero-order chi connectivity index (χ0) is 11.0. The van der Waals surface area contributed by atoms with Crippen LogP contribution in [0.5, 0.6) is 0 Å². The molecule has 0 bridgehead atoms. The van der Waals surface area contributed by atoms with E-state index in [2.05, 4.69) is 4.98 Å². The normalized spacial score (nSPS) is 10.8. The number of aromatic nitrogens is 1. The van der Waals surface area contributed by atoms with Crippen molar-refractivity contribution in [3.05, 3.63) is 39.0 Å². The first kappa shape index (κ1) is 9.95. The third-order valence-electron chi connectivity index (χ3n) is 2.10. The van der Waals surface area contributed by atoms with E-state index in [-0.39, 0.29) is 12.3 Å². The minimum absolute atomic E-state index is 0.0859. The number of aliphatic hydroxyl groups excluding tert-OH is 1. The van der Waals surface area contributed by atoms with Crippen molar-refractivity contribution in [3.8, 4) is 0 Å². The highest BCUT2D eigenvalue weighted by molar-refractivity contribution is 6.31. The van der Waals surface area contributed by atoms with E-state index in [9.17, 15) is 10.1 Å². The van der Waals surface area contributed by atoms with Crippen LogP contribution in [0.2, 0.25) is 5.02 Å². The van der Waals surface area contributed by atoms with E-state index >= 15 is 0 Å². The molecular weight excluding hydrogens is 220 g/mol. The summed E-state index contributed by atoms with van der Waals surface area (Å²) in [6.07, 6.45) is 0. The quantitative estimate of drug-likeness (QED) is 0.609. The molecule has 2 rings (SSSR count). The lowest BCUT2D eigenvalue weighted by Crippen LogP contribution is -1.89. The van der Waals surface area contributed by atoms with Crippen LogP contribution in [-0.2, 0) is 6.61 Å². The number of H-pyrrole nitrogens is 1. The molecule has 0 aliphatic heterocycles. The molecule has 6 heteroatoms. The van der Waals surface area contributed by atoms with Gasteiger partial charge >= 0.3 is 0 Å². The Labute approximate surface area is 89.4 Å². The van der Waals surface area contributed by atoms with E-state index in [0.29, 0.717) is 21.6 Å². The smallest absolute Gasteiger partial charge is 0.294 e. The first-order chi connectivity index (χ1) is 7.11. The molecule has 78 valence electrons. The summed E-state index contributed by atoms with van der Waals surface area (Å²) in [5.74, 6) is 0. The molecule has 0 radical (unpaired) electrons. The number of fused-ring (bicyclic) bond motifs is 1. The van der Waals surface area contributed by atoms with Crippen molar-refractivity contribution in [3.63, 3.8) is 0 Å². The van der Waals surface area contributed by atoms with Crippen LogP contribution in [0.1, 0.15) is 5.69 Å². The van der Waals surface area contributed by atoms with Gasteiger partial charge in [0.25, 0.3) is 5.69 Å². The van der Waals surface area contributed by atoms with Gasteiger partial charge in [-0.05, 0) is 12.1 Å². The van der Waals surface area contributed by atoms with Gasteiger partial charge < -0.3 is 10.1 Å². The Kier molecular flexibility index (Phi) is 2.34. The molecule has 1 heterocycles. The monoisotopic (exact) mass is 226 g/mol. The fourth-order valence-electron chi connectivity index (χ4n) is 1.48. The van der Waals surface area contributed by atoms with Gasteiger partial charge in [-0.2, -0.15) is 0 Å². The number of aromatic amines is 1. The van der Waals surface area contributed by atoms with Crippen molar-refractivity contribution in [2.75, 3.05) is 0 Å². The first-order valence-corrected chi connectivity index (χ1v) is 4.56. The minimum atomic E-state index is -0.508. The highest BCUT2D eigenvalue weighted by Crippen LogP contribution is 2.29. The Morgan fingerprint density at radius 2 is 2.20 bits per heavy atom. The second-order valence-electron chi connectivity index (χ2n) is 3.10. The number of nitrogens with one attached hydrogen (secondary N) is 1. The lowest BCUT2D eigenvalue weighted by molar-refractivity contribution is -0.383. The summed E-state index contributed by atoms with van der Waals surface area (Å²) in [5, 5.41) is 20.6. The van der Waals surface area contributed by atoms with E-state index in [1.54, 1.807) is 12.1 Å². The highest BCUT2D eigenvalue weighted by Gasteiger charge is 2.15. The SMILES string of the molecule is O=[N+]([O-])c1cc(Cl)cc2cc(CO)[nH]c12. The fourth-order valence-corrected chi connectivity index (χ4v) is 1.70. The third kappa shape index (κ3) is 1.67. The molecule has 0 spiro atoms. The molecule has 0 saturated carbocycles. The van der Waals surface area contributed by atoms with Gasteiger partial charge in [0.15, 0.2) is 0 Å². The predicted octanol–water partition coefficient (Wildman–Crippen LogP) is 2.22. The number of nitro benzene ring substituents is 1. The maximum absolute atomic E-state index is 10.7. The molecule has 2 aromatic rings. The van der Waals surface area contributed by atoms with Gasteiger partial charge in [0, 0.05) is 22.2 Å². The van der Waals surface area contributed by atoms with Gasteiger partial charge in [0.05, 0.1) is 11.5 Å². The Bertz CT molecular complexity index is 535. The van der Waals surface area contributed by atoms with Crippen molar-refractivity contribution < 1.29 is 10.0 Å². The van der Waals surface area contributed by atoms with E-state index in [0.717, 1.165) is 0 Å². The number of non-ortho nitro benzene ring substituents is 1. The summed E-state index contributed by atoms with van der Waals surface area (Å²) in [6, 6.07) is 4.52. The summed E-state index contributed by atoms with van der Waals surface area (Å²) in [4.78, 5) is 13.0. The molecule has 0 saturated heterocycles. The number of nitrogens with zero attached hydrogens (tertiary/aromatic N) is 1. The summed E-state index contributed by atoms with van der Waals surface area (Å²) < 4.78 is 0.